The molecule has 0 saturated heterocycles. The van der Waals surface area contributed by atoms with Crippen LogP contribution in [0.4, 0.5) is 4.79 Å². The number of amides is 3. The van der Waals surface area contributed by atoms with Crippen molar-refractivity contribution in [3.63, 3.8) is 0 Å². The lowest BCUT2D eigenvalue weighted by Gasteiger charge is -2.39. The van der Waals surface area contributed by atoms with Crippen LogP contribution in [0, 0.1) is 16.7 Å². The van der Waals surface area contributed by atoms with Gasteiger partial charge >= 0.3 is 12.1 Å². The molecule has 5 rings (SSSR count). The fourth-order valence-electron chi connectivity index (χ4n) is 7.23. The average Bonchev–Trinajstić information content (AvgIpc) is 3.57. The van der Waals surface area contributed by atoms with E-state index in [-0.39, 0.29) is 29.9 Å². The Morgan fingerprint density at radius 3 is 2.44 bits per heavy atom. The highest BCUT2D eigenvalue weighted by molar-refractivity contribution is 5.94. The number of carbonyl (C=O) groups excluding carboxylic acids is 3. The first kappa shape index (κ1) is 31.8. The zero-order valence-corrected chi connectivity index (χ0v) is 26.2. The minimum Gasteiger partial charge on any atom is -0.478 e. The first-order chi connectivity index (χ1) is 21.3. The molecule has 2 saturated carbocycles. The van der Waals surface area contributed by atoms with Gasteiger partial charge in [-0.1, -0.05) is 69.3 Å². The zero-order chi connectivity index (χ0) is 32.4. The van der Waals surface area contributed by atoms with Gasteiger partial charge in [0, 0.05) is 47.6 Å². The molecule has 1 aromatic heterocycles. The Balaban J connectivity index is 1.36. The van der Waals surface area contributed by atoms with Crippen molar-refractivity contribution in [1.82, 2.24) is 20.9 Å². The molecular formula is C35H42N4O6. The fourth-order valence-corrected chi connectivity index (χ4v) is 7.23. The van der Waals surface area contributed by atoms with Crippen LogP contribution in [0.2, 0.25) is 0 Å². The van der Waals surface area contributed by atoms with E-state index in [4.69, 9.17) is 9.84 Å². The van der Waals surface area contributed by atoms with Gasteiger partial charge in [0.25, 0.3) is 0 Å². The summed E-state index contributed by atoms with van der Waals surface area (Å²) in [6.07, 6.45) is 5.72. The summed E-state index contributed by atoms with van der Waals surface area (Å²) in [5.41, 5.74) is 0.983. The number of hydrogen-bond donors (Lipinski definition) is 5. The molecule has 2 aliphatic carbocycles. The molecule has 0 radical (unpaired) electrons. The van der Waals surface area contributed by atoms with Crippen molar-refractivity contribution >= 4 is 34.8 Å². The summed E-state index contributed by atoms with van der Waals surface area (Å²) < 4.78 is 6.08. The summed E-state index contributed by atoms with van der Waals surface area (Å²) in [7, 11) is 0. The van der Waals surface area contributed by atoms with Crippen molar-refractivity contribution in [3.8, 4) is 0 Å². The second-order valence-electron chi connectivity index (χ2n) is 13.4. The van der Waals surface area contributed by atoms with E-state index in [9.17, 15) is 19.2 Å². The summed E-state index contributed by atoms with van der Waals surface area (Å²) in [6, 6.07) is 16.1. The first-order valence-electron chi connectivity index (χ1n) is 15.4. The molecule has 0 aliphatic heterocycles. The smallest absolute Gasteiger partial charge is 0.408 e. The van der Waals surface area contributed by atoms with Gasteiger partial charge in [0.05, 0.1) is 6.04 Å². The molecule has 3 amide bonds. The third-order valence-corrected chi connectivity index (χ3v) is 10.4. The molecule has 3 aromatic rings. The Bertz CT molecular complexity index is 1610. The van der Waals surface area contributed by atoms with Crippen LogP contribution < -0.4 is 16.0 Å². The van der Waals surface area contributed by atoms with Gasteiger partial charge < -0.3 is 30.8 Å². The molecule has 1 heterocycles. The normalized spacial score (nSPS) is 23.7. The largest absolute Gasteiger partial charge is 0.478 e. The van der Waals surface area contributed by atoms with Crippen LogP contribution in [0.15, 0.2) is 72.9 Å². The van der Waals surface area contributed by atoms with Crippen molar-refractivity contribution in [2.45, 2.75) is 71.1 Å². The Morgan fingerprint density at radius 1 is 1.07 bits per heavy atom. The minimum atomic E-state index is -1.41. The van der Waals surface area contributed by atoms with E-state index in [1.165, 1.54) is 0 Å². The van der Waals surface area contributed by atoms with Crippen LogP contribution in [0.5, 0.6) is 0 Å². The van der Waals surface area contributed by atoms with Crippen molar-refractivity contribution in [2.24, 2.45) is 16.7 Å². The Hall–Kier alpha value is -4.60. The van der Waals surface area contributed by atoms with Gasteiger partial charge in [-0.05, 0) is 54.7 Å². The maximum Gasteiger partial charge on any atom is 0.408 e. The number of carboxylic acid groups (broad SMARTS) is 1. The van der Waals surface area contributed by atoms with Gasteiger partial charge in [0.1, 0.15) is 11.6 Å². The molecule has 5 N–H and O–H groups in total. The lowest BCUT2D eigenvalue weighted by molar-refractivity contribution is -0.131. The number of aromatic nitrogens is 1. The van der Waals surface area contributed by atoms with E-state index < -0.39 is 35.5 Å². The molecule has 0 spiro atoms. The highest BCUT2D eigenvalue weighted by Gasteiger charge is 2.63. The van der Waals surface area contributed by atoms with E-state index >= 15 is 0 Å². The predicted molar refractivity (Wildman–Crippen MR) is 170 cm³/mol. The molecule has 10 nitrogen and oxygen atoms in total. The number of aromatic amines is 1. The van der Waals surface area contributed by atoms with Crippen LogP contribution in [0.1, 0.15) is 64.1 Å². The number of hydrogen-bond acceptors (Lipinski definition) is 5. The Labute approximate surface area is 263 Å². The number of alkyl carbamates (subject to hydrolysis) is 1. The highest BCUT2D eigenvalue weighted by Crippen LogP contribution is 2.66. The molecule has 10 heteroatoms. The first-order valence-corrected chi connectivity index (χ1v) is 15.4. The second-order valence-corrected chi connectivity index (χ2v) is 13.4. The Kier molecular flexibility index (Phi) is 8.78. The number of benzene rings is 2. The van der Waals surface area contributed by atoms with Crippen molar-refractivity contribution in [1.29, 1.82) is 0 Å². The van der Waals surface area contributed by atoms with Gasteiger partial charge in [-0.15, -0.1) is 0 Å². The summed E-state index contributed by atoms with van der Waals surface area (Å²) in [4.78, 5) is 54.2. The maximum absolute atomic E-state index is 14.0. The SMILES string of the molecule is CC(Cc1c[nH]c2ccccc12)(NC(=O)OC1CC2CCC1(C)C2(C)C)C(=O)NCC(NC(=O)C=CC(=O)O)c1ccccc1. The van der Waals surface area contributed by atoms with Crippen LogP contribution in [0.3, 0.4) is 0 Å². The summed E-state index contributed by atoms with van der Waals surface area (Å²) in [5.74, 6) is -1.84. The Morgan fingerprint density at radius 2 is 1.78 bits per heavy atom. The number of rotatable bonds is 11. The van der Waals surface area contributed by atoms with Crippen LogP contribution >= 0.6 is 0 Å². The van der Waals surface area contributed by atoms with Gasteiger partial charge in [-0.25, -0.2) is 9.59 Å². The fraction of sp³-hybridized carbons (Fsp3) is 0.429. The minimum absolute atomic E-state index is 0.00767. The zero-order valence-electron chi connectivity index (χ0n) is 26.2. The van der Waals surface area contributed by atoms with Crippen molar-refractivity contribution in [3.05, 3.63) is 84.1 Å². The molecule has 2 bridgehead atoms. The number of carboxylic acids is 1. The molecule has 5 unspecified atom stereocenters. The predicted octanol–water partition coefficient (Wildman–Crippen LogP) is 5.02. The summed E-state index contributed by atoms with van der Waals surface area (Å²) in [6.45, 7) is 8.36. The average molecular weight is 615 g/mol. The topological polar surface area (TPSA) is 150 Å². The van der Waals surface area contributed by atoms with Gasteiger partial charge in [-0.2, -0.15) is 0 Å². The maximum atomic E-state index is 14.0. The van der Waals surface area contributed by atoms with Gasteiger partial charge in [0.2, 0.25) is 11.8 Å². The van der Waals surface area contributed by atoms with E-state index in [1.54, 1.807) is 31.2 Å². The van der Waals surface area contributed by atoms with Crippen LogP contribution in [-0.4, -0.2) is 52.2 Å². The van der Waals surface area contributed by atoms with Crippen LogP contribution in [0.25, 0.3) is 10.9 Å². The molecule has 2 aromatic carbocycles. The molecular weight excluding hydrogens is 572 g/mol. The lowest BCUT2D eigenvalue weighted by Crippen LogP contribution is -2.59. The molecule has 2 fully saturated rings. The number of aliphatic carboxylic acids is 1. The van der Waals surface area contributed by atoms with Crippen molar-refractivity contribution in [2.75, 3.05) is 6.54 Å². The quantitative estimate of drug-likeness (QED) is 0.191. The number of H-pyrrole nitrogens is 1. The van der Waals surface area contributed by atoms with Gasteiger partial charge in [-0.3, -0.25) is 9.59 Å². The van der Waals surface area contributed by atoms with E-state index in [0.717, 1.165) is 47.9 Å². The van der Waals surface area contributed by atoms with E-state index in [0.29, 0.717) is 11.5 Å². The highest BCUT2D eigenvalue weighted by atomic mass is 16.6. The lowest BCUT2D eigenvalue weighted by atomic mass is 9.70. The monoisotopic (exact) mass is 614 g/mol. The number of ether oxygens (including phenoxy) is 1. The van der Waals surface area contributed by atoms with Gasteiger partial charge in [0.15, 0.2) is 0 Å². The molecule has 5 atom stereocenters. The standard InChI is InChI=1S/C35H42N4O6/c1-33(2)24-16-17-34(33,3)28(18-24)45-32(44)39-35(4,19-23-20-36-26-13-9-8-12-25(23)26)31(43)37-21-27(22-10-6-5-7-11-22)38-29(40)14-15-30(41)42/h5-15,20,24,27-28,36H,16-19,21H2,1-4H3,(H,37,43)(H,38,40)(H,39,44)(H,41,42). The van der Waals surface area contributed by atoms with Crippen LogP contribution in [-0.2, 0) is 25.5 Å². The summed E-state index contributed by atoms with van der Waals surface area (Å²) in [5, 5.41) is 18.4. The summed E-state index contributed by atoms with van der Waals surface area (Å²) >= 11 is 0. The third kappa shape index (κ3) is 6.45. The van der Waals surface area contributed by atoms with Crippen molar-refractivity contribution < 1.29 is 29.0 Å². The molecule has 238 valence electrons. The van der Waals surface area contributed by atoms with E-state index in [1.807, 2.05) is 36.5 Å². The number of para-hydroxylation sites is 1. The second kappa shape index (κ2) is 12.4. The number of carbonyl (C=O) groups is 4. The number of nitrogens with one attached hydrogen (secondary N) is 4. The molecule has 45 heavy (non-hydrogen) atoms. The van der Waals surface area contributed by atoms with E-state index in [2.05, 4.69) is 41.7 Å². The third-order valence-electron chi connectivity index (χ3n) is 10.4. The molecule has 2 aliphatic rings. The number of fused-ring (bicyclic) bond motifs is 3.